The Labute approximate surface area is 134 Å². The van der Waals surface area contributed by atoms with Gasteiger partial charge in [0.05, 0.1) is 12.8 Å². The van der Waals surface area contributed by atoms with Gasteiger partial charge in [-0.2, -0.15) is 5.10 Å². The van der Waals surface area contributed by atoms with Crippen LogP contribution in [0.2, 0.25) is 0 Å². The molecular formula is C8H19N9O7. The van der Waals surface area contributed by atoms with Crippen molar-refractivity contribution < 1.29 is 30.7 Å². The first-order chi connectivity index (χ1) is 11.0. The molecule has 0 amide bonds. The molecule has 3 unspecified atom stereocenters. The molecule has 0 aliphatic rings. The Morgan fingerprint density at radius 1 is 1.08 bits per heavy atom. The summed E-state index contributed by atoms with van der Waals surface area (Å²) in [5.74, 6) is -0.769. The summed E-state index contributed by atoms with van der Waals surface area (Å²) in [5.41, 5.74) is 19.8. The molecule has 0 aromatic rings. The lowest BCUT2D eigenvalue weighted by Gasteiger charge is -2.20. The van der Waals surface area contributed by atoms with Crippen molar-refractivity contribution in [1.29, 1.82) is 0 Å². The van der Waals surface area contributed by atoms with E-state index in [1.165, 1.54) is 0 Å². The Hall–Kier alpha value is -3.08. The van der Waals surface area contributed by atoms with Gasteiger partial charge in [-0.15, -0.1) is 25.4 Å². The monoisotopic (exact) mass is 353 g/mol. The first-order valence-corrected chi connectivity index (χ1v) is 5.79. The van der Waals surface area contributed by atoms with E-state index in [1.807, 2.05) is 0 Å². The molecule has 0 fully saturated rings. The van der Waals surface area contributed by atoms with Gasteiger partial charge < -0.3 is 48.6 Å². The number of hydrogen-bond acceptors (Lipinski definition) is 10. The van der Waals surface area contributed by atoms with Crippen LogP contribution in [-0.4, -0.2) is 79.5 Å². The highest BCUT2D eigenvalue weighted by Crippen LogP contribution is 2.02. The summed E-state index contributed by atoms with van der Waals surface area (Å²) < 4.78 is 0. The van der Waals surface area contributed by atoms with Crippen LogP contribution in [0.3, 0.4) is 0 Å². The predicted octanol–water partition coefficient (Wildman–Crippen LogP) is -5.40. The number of nitrogens with two attached hydrogens (primary N) is 4. The van der Waals surface area contributed by atoms with E-state index in [-0.39, 0.29) is 11.7 Å². The van der Waals surface area contributed by atoms with Crippen LogP contribution in [0.4, 0.5) is 0 Å². The van der Waals surface area contributed by atoms with E-state index in [0.29, 0.717) is 0 Å². The van der Waals surface area contributed by atoms with Crippen molar-refractivity contribution in [3.63, 3.8) is 0 Å². The second kappa shape index (κ2) is 12.5. The highest BCUT2D eigenvalue weighted by atomic mass is 16.9. The average molecular weight is 353 g/mol. The summed E-state index contributed by atoms with van der Waals surface area (Å²) in [6, 6.07) is 0. The molecule has 16 heteroatoms. The second-order valence-electron chi connectivity index (χ2n) is 3.74. The second-order valence-corrected chi connectivity index (χ2v) is 3.74. The van der Waals surface area contributed by atoms with Gasteiger partial charge in [0, 0.05) is 0 Å². The van der Waals surface area contributed by atoms with Crippen LogP contribution in [0.25, 0.3) is 0 Å². The van der Waals surface area contributed by atoms with Crippen LogP contribution in [-0.2, 0) is 0 Å². The molecule has 16 nitrogen and oxygen atoms in total. The lowest BCUT2D eigenvalue weighted by Crippen LogP contribution is -2.44. The summed E-state index contributed by atoms with van der Waals surface area (Å²) in [7, 11) is 0. The average Bonchev–Trinajstić information content (AvgIpc) is 2.47. The van der Waals surface area contributed by atoms with E-state index in [4.69, 9.17) is 43.4 Å². The fraction of sp³-hybridized carbons (Fsp3) is 0.500. The van der Waals surface area contributed by atoms with Crippen molar-refractivity contribution >= 4 is 23.8 Å². The smallest absolute Gasteiger partial charge is 0.291 e. The fourth-order valence-corrected chi connectivity index (χ4v) is 0.925. The van der Waals surface area contributed by atoms with Crippen molar-refractivity contribution in [2.45, 2.75) is 18.3 Å². The maximum atomic E-state index is 9.75. The molecule has 0 aliphatic heterocycles. The maximum absolute atomic E-state index is 9.75. The van der Waals surface area contributed by atoms with E-state index in [1.54, 1.807) is 0 Å². The van der Waals surface area contributed by atoms with Gasteiger partial charge in [-0.1, -0.05) is 0 Å². The molecule has 0 aromatic carbocycles. The lowest BCUT2D eigenvalue weighted by atomic mass is 10.0. The number of hydrogen-bond donors (Lipinski definition) is 9. The highest BCUT2D eigenvalue weighted by Gasteiger charge is 2.27. The third-order valence-corrected chi connectivity index (χ3v) is 1.85. The summed E-state index contributed by atoms with van der Waals surface area (Å²) in [4.78, 5) is 8.36. The van der Waals surface area contributed by atoms with Gasteiger partial charge >= 0.3 is 0 Å². The molecule has 0 rings (SSSR count). The molecule has 24 heavy (non-hydrogen) atoms. The van der Waals surface area contributed by atoms with Gasteiger partial charge in [-0.3, -0.25) is 0 Å². The summed E-state index contributed by atoms with van der Waals surface area (Å²) in [6.07, 6.45) is -4.23. The van der Waals surface area contributed by atoms with Crippen molar-refractivity contribution in [1.82, 2.24) is 0 Å². The Morgan fingerprint density at radius 3 is 1.92 bits per heavy atom. The predicted molar refractivity (Wildman–Crippen MR) is 81.4 cm³/mol. The maximum Gasteiger partial charge on any atom is 0.291 e. The van der Waals surface area contributed by atoms with Gasteiger partial charge in [-0.25, -0.2) is 0 Å². The largest absolute Gasteiger partial charge is 0.394 e. The van der Waals surface area contributed by atoms with Gasteiger partial charge in [0.1, 0.15) is 24.0 Å². The van der Waals surface area contributed by atoms with Gasteiger partial charge in [0.15, 0.2) is 0 Å². The zero-order valence-corrected chi connectivity index (χ0v) is 12.1. The minimum atomic E-state index is -1.75. The van der Waals surface area contributed by atoms with Crippen molar-refractivity contribution in [3.05, 3.63) is 10.1 Å². The van der Waals surface area contributed by atoms with Crippen molar-refractivity contribution in [2.75, 3.05) is 6.61 Å². The molecule has 0 radical (unpaired) electrons. The van der Waals surface area contributed by atoms with Crippen LogP contribution >= 0.6 is 0 Å². The number of nitrogens with zero attached hydrogens (tertiary/aromatic N) is 5. The third-order valence-electron chi connectivity index (χ3n) is 1.85. The molecule has 0 aromatic heterocycles. The van der Waals surface area contributed by atoms with E-state index in [9.17, 15) is 15.3 Å². The lowest BCUT2D eigenvalue weighted by molar-refractivity contribution is -0.742. The molecule has 0 heterocycles. The van der Waals surface area contributed by atoms with Gasteiger partial charge in [0.2, 0.25) is 11.9 Å². The molecule has 0 bridgehead atoms. The topological polar surface area (TPSA) is 298 Å². The zero-order valence-electron chi connectivity index (χ0n) is 12.1. The third kappa shape index (κ3) is 12.6. The van der Waals surface area contributed by atoms with E-state index >= 15 is 0 Å². The van der Waals surface area contributed by atoms with Crippen molar-refractivity contribution in [3.8, 4) is 0 Å². The molecule has 0 saturated carbocycles. The Kier molecular flexibility index (Phi) is 12.0. The number of aliphatic hydroxyl groups excluding tert-OH is 4. The van der Waals surface area contributed by atoms with Crippen LogP contribution in [0.1, 0.15) is 0 Å². The standard InChI is InChI=1S/C8H18N8O4.HNO3/c9-7(10)15-13-1-3(14-16-8(11)12)5(19)6(20)4(18)2-17;2-1(3)4/h1,4-6,17-20H,2H2,(H4,9,10,15)(H4,11,12,16);(H,2,3,4)/b13-1+,14-3+;. The summed E-state index contributed by atoms with van der Waals surface area (Å²) in [5, 5.41) is 64.1. The molecule has 138 valence electrons. The van der Waals surface area contributed by atoms with Crippen LogP contribution in [0.5, 0.6) is 0 Å². The molecule has 0 aliphatic carbocycles. The Balaban J connectivity index is 0. The van der Waals surface area contributed by atoms with Crippen LogP contribution < -0.4 is 22.9 Å². The Bertz CT molecular complexity index is 494. The zero-order chi connectivity index (χ0) is 19.3. The van der Waals surface area contributed by atoms with Gasteiger partial charge in [-0.05, 0) is 0 Å². The summed E-state index contributed by atoms with van der Waals surface area (Å²) >= 11 is 0. The molecule has 3 atom stereocenters. The highest BCUT2D eigenvalue weighted by molar-refractivity contribution is 6.32. The van der Waals surface area contributed by atoms with E-state index < -0.39 is 36.0 Å². The number of guanidine groups is 2. The van der Waals surface area contributed by atoms with Gasteiger partial charge in [0.25, 0.3) is 5.09 Å². The number of rotatable bonds is 7. The van der Waals surface area contributed by atoms with E-state index in [2.05, 4.69) is 20.4 Å². The quantitative estimate of drug-likeness (QED) is 0.0899. The van der Waals surface area contributed by atoms with Crippen LogP contribution in [0, 0.1) is 10.1 Å². The summed E-state index contributed by atoms with van der Waals surface area (Å²) in [6.45, 7) is -0.779. The molecule has 0 spiro atoms. The molecule has 0 saturated heterocycles. The first kappa shape index (κ1) is 23.2. The minimum Gasteiger partial charge on any atom is -0.394 e. The first-order valence-electron chi connectivity index (χ1n) is 5.79. The van der Waals surface area contributed by atoms with E-state index in [0.717, 1.165) is 6.21 Å². The SMILES string of the molecule is NC(N)=N/N=C/C(=N\N=C(N)N)C(O)C(O)C(O)CO.O=[N+]([O-])O. The Morgan fingerprint density at radius 2 is 1.54 bits per heavy atom. The molecular weight excluding hydrogens is 334 g/mol. The fourth-order valence-electron chi connectivity index (χ4n) is 0.925. The van der Waals surface area contributed by atoms with Crippen LogP contribution in [0.15, 0.2) is 20.4 Å². The molecule has 13 N–H and O–H groups in total. The normalized spacial score (nSPS) is 14.8. The minimum absolute atomic E-state index is 0.344. The van der Waals surface area contributed by atoms with Crippen molar-refractivity contribution in [2.24, 2.45) is 43.3 Å². The number of aliphatic hydroxyl groups is 4.